The molecule has 3 heteroatoms. The highest BCUT2D eigenvalue weighted by Gasteiger charge is 2.41. The van der Waals surface area contributed by atoms with Gasteiger partial charge < -0.3 is 5.73 Å². The van der Waals surface area contributed by atoms with Crippen LogP contribution in [-0.2, 0) is 0 Å². The first-order chi connectivity index (χ1) is 10.8. The van der Waals surface area contributed by atoms with Crippen LogP contribution in [0.1, 0.15) is 24.4 Å². The molecule has 0 aliphatic carbocycles. The molecule has 114 valence electrons. The fourth-order valence-electron chi connectivity index (χ4n) is 4.37. The smallest absolute Gasteiger partial charge is 0.0705 e. The summed E-state index contributed by atoms with van der Waals surface area (Å²) in [4.78, 5) is 7.04. The first-order valence-electron chi connectivity index (χ1n) is 8.24. The summed E-state index contributed by atoms with van der Waals surface area (Å²) in [5.74, 6) is 1.40. The minimum atomic E-state index is 0.0569. The summed E-state index contributed by atoms with van der Waals surface area (Å²) >= 11 is 0. The van der Waals surface area contributed by atoms with Crippen molar-refractivity contribution in [2.45, 2.75) is 24.9 Å². The molecule has 1 aromatic carbocycles. The van der Waals surface area contributed by atoms with Crippen molar-refractivity contribution >= 4 is 10.9 Å². The third-order valence-electron chi connectivity index (χ3n) is 5.61. The number of hydrogen-bond donors (Lipinski definition) is 1. The van der Waals surface area contributed by atoms with Crippen molar-refractivity contribution in [3.63, 3.8) is 0 Å². The summed E-state index contributed by atoms with van der Waals surface area (Å²) in [7, 11) is 0. The zero-order valence-corrected chi connectivity index (χ0v) is 12.9. The molecule has 3 unspecified atom stereocenters. The number of nitrogens with two attached hydrogens (primary N) is 1. The SMILES string of the molecule is C=CC1CN2CCC1C[C@H]2[C@H](N)c1ccnc2ccccc12. The van der Waals surface area contributed by atoms with Crippen LogP contribution >= 0.6 is 0 Å². The maximum absolute atomic E-state index is 6.71. The largest absolute Gasteiger partial charge is 0.323 e. The van der Waals surface area contributed by atoms with Gasteiger partial charge in [-0.2, -0.15) is 0 Å². The summed E-state index contributed by atoms with van der Waals surface area (Å²) in [5, 5.41) is 1.19. The van der Waals surface area contributed by atoms with Crippen molar-refractivity contribution in [2.75, 3.05) is 13.1 Å². The summed E-state index contributed by atoms with van der Waals surface area (Å²) in [6.45, 7) is 6.30. The second kappa shape index (κ2) is 5.49. The van der Waals surface area contributed by atoms with Gasteiger partial charge >= 0.3 is 0 Å². The van der Waals surface area contributed by atoms with Crippen LogP contribution in [-0.4, -0.2) is 29.0 Å². The molecule has 3 fully saturated rings. The van der Waals surface area contributed by atoms with Crippen LogP contribution in [0.5, 0.6) is 0 Å². The lowest BCUT2D eigenvalue weighted by Gasteiger charge is -2.51. The lowest BCUT2D eigenvalue weighted by molar-refractivity contribution is 0.00749. The Hall–Kier alpha value is -1.71. The Labute approximate surface area is 131 Å². The van der Waals surface area contributed by atoms with Crippen LogP contribution in [0.3, 0.4) is 0 Å². The maximum atomic E-state index is 6.71. The molecule has 5 atom stereocenters. The minimum Gasteiger partial charge on any atom is -0.323 e. The molecular weight excluding hydrogens is 270 g/mol. The molecular formula is C19H23N3. The number of para-hydroxylation sites is 1. The van der Waals surface area contributed by atoms with E-state index < -0.39 is 0 Å². The van der Waals surface area contributed by atoms with Gasteiger partial charge in [-0.15, -0.1) is 6.58 Å². The number of pyridine rings is 1. The van der Waals surface area contributed by atoms with Crippen LogP contribution in [0.2, 0.25) is 0 Å². The Balaban J connectivity index is 1.67. The van der Waals surface area contributed by atoms with Gasteiger partial charge in [0.25, 0.3) is 0 Å². The Morgan fingerprint density at radius 1 is 1.32 bits per heavy atom. The second-order valence-electron chi connectivity index (χ2n) is 6.69. The van der Waals surface area contributed by atoms with Crippen molar-refractivity contribution in [1.82, 2.24) is 9.88 Å². The van der Waals surface area contributed by atoms with E-state index in [0.717, 1.165) is 18.0 Å². The number of nitrogens with zero attached hydrogens (tertiary/aromatic N) is 2. The van der Waals surface area contributed by atoms with Crippen LogP contribution in [0.25, 0.3) is 10.9 Å². The Morgan fingerprint density at radius 3 is 2.95 bits per heavy atom. The topological polar surface area (TPSA) is 42.1 Å². The molecule has 0 saturated carbocycles. The molecule has 22 heavy (non-hydrogen) atoms. The molecule has 3 aliphatic rings. The average molecular weight is 293 g/mol. The Bertz CT molecular complexity index is 691. The average Bonchev–Trinajstić information content (AvgIpc) is 2.60. The molecule has 2 aromatic rings. The molecule has 0 amide bonds. The van der Waals surface area contributed by atoms with Gasteiger partial charge in [0.05, 0.1) is 5.52 Å². The van der Waals surface area contributed by atoms with Gasteiger partial charge in [-0.05, 0) is 48.9 Å². The van der Waals surface area contributed by atoms with Crippen LogP contribution in [0.15, 0.2) is 49.2 Å². The molecule has 3 nitrogen and oxygen atoms in total. The zero-order chi connectivity index (χ0) is 15.1. The highest BCUT2D eigenvalue weighted by atomic mass is 15.2. The lowest BCUT2D eigenvalue weighted by Crippen LogP contribution is -2.56. The van der Waals surface area contributed by atoms with E-state index in [4.69, 9.17) is 5.73 Å². The number of hydrogen-bond acceptors (Lipinski definition) is 3. The van der Waals surface area contributed by atoms with Crippen molar-refractivity contribution in [3.05, 3.63) is 54.7 Å². The van der Waals surface area contributed by atoms with Gasteiger partial charge in [-0.1, -0.05) is 24.3 Å². The number of rotatable bonds is 3. The molecule has 2 N–H and O–H groups in total. The summed E-state index contributed by atoms with van der Waals surface area (Å²) in [6, 6.07) is 10.9. The third kappa shape index (κ3) is 2.16. The summed E-state index contributed by atoms with van der Waals surface area (Å²) in [5.41, 5.74) is 8.99. The third-order valence-corrected chi connectivity index (χ3v) is 5.61. The first kappa shape index (κ1) is 13.9. The van der Waals surface area contributed by atoms with Crippen LogP contribution in [0, 0.1) is 11.8 Å². The first-order valence-corrected chi connectivity index (χ1v) is 8.24. The standard InChI is InChI=1S/C19H23N3/c1-2-13-12-22-10-8-14(13)11-18(22)19(20)16-7-9-21-17-6-4-3-5-15(16)17/h2-7,9,13-14,18-19H,1,8,10-12,20H2/t13?,14?,18-,19+/m0/s1. The molecule has 1 aromatic heterocycles. The van der Waals surface area contributed by atoms with Gasteiger partial charge in [-0.25, -0.2) is 0 Å². The molecule has 0 spiro atoms. The van der Waals surface area contributed by atoms with E-state index in [0.29, 0.717) is 12.0 Å². The predicted octanol–water partition coefficient (Wildman–Crippen LogP) is 3.13. The van der Waals surface area contributed by atoms with Gasteiger partial charge in [0, 0.05) is 30.2 Å². The quantitative estimate of drug-likeness (QED) is 0.884. The summed E-state index contributed by atoms with van der Waals surface area (Å²) < 4.78 is 0. The van der Waals surface area contributed by atoms with E-state index in [1.807, 2.05) is 12.3 Å². The highest BCUT2D eigenvalue weighted by molar-refractivity contribution is 5.82. The maximum Gasteiger partial charge on any atom is 0.0705 e. The van der Waals surface area contributed by atoms with Gasteiger partial charge in [-0.3, -0.25) is 9.88 Å². The van der Waals surface area contributed by atoms with Crippen molar-refractivity contribution in [2.24, 2.45) is 17.6 Å². The van der Waals surface area contributed by atoms with Gasteiger partial charge in [0.15, 0.2) is 0 Å². The Kier molecular flexibility index (Phi) is 3.47. The molecule has 0 radical (unpaired) electrons. The second-order valence-corrected chi connectivity index (χ2v) is 6.69. The van der Waals surface area contributed by atoms with E-state index in [1.54, 1.807) is 0 Å². The lowest BCUT2D eigenvalue weighted by atomic mass is 9.73. The fraction of sp³-hybridized carbons (Fsp3) is 0.421. The van der Waals surface area contributed by atoms with Gasteiger partial charge in [0.2, 0.25) is 0 Å². The number of benzene rings is 1. The van der Waals surface area contributed by atoms with E-state index >= 15 is 0 Å². The Morgan fingerprint density at radius 2 is 2.18 bits per heavy atom. The normalized spacial score (nSPS) is 32.0. The van der Waals surface area contributed by atoms with E-state index in [9.17, 15) is 0 Å². The van der Waals surface area contributed by atoms with Crippen LogP contribution < -0.4 is 5.73 Å². The van der Waals surface area contributed by atoms with E-state index in [2.05, 4.69) is 46.8 Å². The number of fused-ring (bicyclic) bond motifs is 4. The molecule has 3 saturated heterocycles. The predicted molar refractivity (Wildman–Crippen MR) is 90.4 cm³/mol. The fourth-order valence-corrected chi connectivity index (χ4v) is 4.37. The van der Waals surface area contributed by atoms with Crippen LogP contribution in [0.4, 0.5) is 0 Å². The number of aromatic nitrogens is 1. The van der Waals surface area contributed by atoms with Crippen molar-refractivity contribution in [3.8, 4) is 0 Å². The van der Waals surface area contributed by atoms with Gasteiger partial charge in [0.1, 0.15) is 0 Å². The summed E-state index contributed by atoms with van der Waals surface area (Å²) in [6.07, 6.45) is 6.51. The van der Waals surface area contributed by atoms with E-state index in [-0.39, 0.29) is 6.04 Å². The monoisotopic (exact) mass is 293 g/mol. The zero-order valence-electron chi connectivity index (χ0n) is 12.9. The molecule has 5 rings (SSSR count). The van der Waals surface area contributed by atoms with Crippen molar-refractivity contribution < 1.29 is 0 Å². The van der Waals surface area contributed by atoms with E-state index in [1.165, 1.54) is 30.3 Å². The molecule has 2 bridgehead atoms. The number of piperidine rings is 3. The van der Waals surface area contributed by atoms with Crippen molar-refractivity contribution in [1.29, 1.82) is 0 Å². The molecule has 3 aliphatic heterocycles. The minimum absolute atomic E-state index is 0.0569. The molecule has 4 heterocycles. The highest BCUT2D eigenvalue weighted by Crippen LogP contribution is 2.41.